The van der Waals surface area contributed by atoms with Crippen molar-refractivity contribution in [2.24, 2.45) is 0 Å². The Bertz CT molecular complexity index is 1550. The summed E-state index contributed by atoms with van der Waals surface area (Å²) in [5.74, 6) is -0.912. The summed E-state index contributed by atoms with van der Waals surface area (Å²) in [5.41, 5.74) is 0. The topological polar surface area (TPSA) is 78.9 Å². The Labute approximate surface area is 456 Å². The Morgan fingerprint density at radius 1 is 0.284 bits per heavy atom. The molecule has 0 heterocycles. The van der Waals surface area contributed by atoms with Gasteiger partial charge in [-0.1, -0.05) is 264 Å². The Kier molecular flexibility index (Phi) is 57.9. The second-order valence-electron chi connectivity index (χ2n) is 19.9. The summed E-state index contributed by atoms with van der Waals surface area (Å²) in [5, 5.41) is 0. The van der Waals surface area contributed by atoms with E-state index in [9.17, 15) is 14.4 Å². The van der Waals surface area contributed by atoms with Crippen LogP contribution in [0.3, 0.4) is 0 Å². The Hall–Kier alpha value is -4.19. The van der Waals surface area contributed by atoms with Crippen molar-refractivity contribution in [3.63, 3.8) is 0 Å². The van der Waals surface area contributed by atoms with Crippen molar-refractivity contribution in [3.05, 3.63) is 122 Å². The van der Waals surface area contributed by atoms with Crippen molar-refractivity contribution in [2.45, 2.75) is 277 Å². The minimum Gasteiger partial charge on any atom is -0.462 e. The zero-order chi connectivity index (χ0) is 53.6. The molecule has 74 heavy (non-hydrogen) atoms. The molecule has 0 aromatic heterocycles. The van der Waals surface area contributed by atoms with E-state index in [4.69, 9.17) is 14.2 Å². The summed E-state index contributed by atoms with van der Waals surface area (Å²) < 4.78 is 16.8. The van der Waals surface area contributed by atoms with Crippen molar-refractivity contribution < 1.29 is 28.6 Å². The van der Waals surface area contributed by atoms with Gasteiger partial charge < -0.3 is 14.2 Å². The Morgan fingerprint density at radius 2 is 0.541 bits per heavy atom. The summed E-state index contributed by atoms with van der Waals surface area (Å²) >= 11 is 0. The van der Waals surface area contributed by atoms with Gasteiger partial charge in [-0.3, -0.25) is 14.4 Å². The van der Waals surface area contributed by atoms with E-state index in [-0.39, 0.29) is 31.1 Å². The highest BCUT2D eigenvalue weighted by molar-refractivity contribution is 5.71. The molecule has 1 unspecified atom stereocenters. The van der Waals surface area contributed by atoms with Gasteiger partial charge in [0.2, 0.25) is 0 Å². The van der Waals surface area contributed by atoms with Crippen molar-refractivity contribution in [1.29, 1.82) is 0 Å². The lowest BCUT2D eigenvalue weighted by Gasteiger charge is -2.18. The molecule has 6 heteroatoms. The van der Waals surface area contributed by atoms with Crippen molar-refractivity contribution in [2.75, 3.05) is 13.2 Å². The monoisotopic (exact) mass is 1020 g/mol. The summed E-state index contributed by atoms with van der Waals surface area (Å²) in [4.78, 5) is 38.0. The fraction of sp³-hybridized carbons (Fsp3) is 0.662. The largest absolute Gasteiger partial charge is 0.462 e. The van der Waals surface area contributed by atoms with Gasteiger partial charge in [0.15, 0.2) is 6.10 Å². The standard InChI is InChI=1S/C68H112O6/c1-4-7-10-13-16-19-21-23-25-26-27-28-29-30-31-32-33-34-35-36-37-38-39-40-41-42-43-45-46-49-52-55-58-61-67(70)73-64-65(63-72-66(69)60-57-54-51-48-18-15-12-9-6-3)74-68(71)62-59-56-53-50-47-44-24-22-20-17-14-11-8-5-2/h7,10,14,16-17,19,22-25,27-28,30-31,33-34,36-37,39-40,65H,4-6,8-9,11-13,15,18,20-21,26,29,32,35,38,41-64H2,1-3H3/b10-7-,17-14-,19-16-,24-22-,25-23-,28-27-,31-30-,34-33-,37-36-,40-39-. The maximum atomic E-state index is 12.8. The van der Waals surface area contributed by atoms with E-state index in [1.165, 1.54) is 89.9 Å². The quantitative estimate of drug-likeness (QED) is 0.0261. The molecule has 0 amide bonds. The molecular formula is C68H112O6. The Balaban J connectivity index is 4.19. The molecule has 0 aromatic carbocycles. The summed E-state index contributed by atoms with van der Waals surface area (Å²) in [6.07, 6.45) is 84.9. The van der Waals surface area contributed by atoms with E-state index in [0.29, 0.717) is 19.3 Å². The van der Waals surface area contributed by atoms with Crippen LogP contribution >= 0.6 is 0 Å². The van der Waals surface area contributed by atoms with Crippen molar-refractivity contribution in [1.82, 2.24) is 0 Å². The van der Waals surface area contributed by atoms with Gasteiger partial charge in [-0.15, -0.1) is 0 Å². The number of esters is 3. The van der Waals surface area contributed by atoms with E-state index in [1.54, 1.807) is 0 Å². The van der Waals surface area contributed by atoms with Crippen molar-refractivity contribution >= 4 is 17.9 Å². The maximum absolute atomic E-state index is 12.8. The number of carbonyl (C=O) groups excluding carboxylic acids is 3. The first-order valence-corrected chi connectivity index (χ1v) is 30.5. The molecule has 0 spiro atoms. The molecule has 420 valence electrons. The third kappa shape index (κ3) is 58.7. The highest BCUT2D eigenvalue weighted by Crippen LogP contribution is 2.15. The molecule has 6 nitrogen and oxygen atoms in total. The normalized spacial score (nSPS) is 13.0. The van der Waals surface area contributed by atoms with Gasteiger partial charge in [-0.05, 0) is 109 Å². The first-order chi connectivity index (χ1) is 36.5. The first kappa shape index (κ1) is 69.8. The van der Waals surface area contributed by atoms with Crippen LogP contribution in [0.5, 0.6) is 0 Å². The molecule has 0 N–H and O–H groups in total. The minimum atomic E-state index is -0.788. The van der Waals surface area contributed by atoms with Crippen LogP contribution in [0.4, 0.5) is 0 Å². The molecule has 0 radical (unpaired) electrons. The van der Waals surface area contributed by atoms with Crippen molar-refractivity contribution in [3.8, 4) is 0 Å². The second kappa shape index (κ2) is 61.4. The van der Waals surface area contributed by atoms with Crippen LogP contribution in [0.25, 0.3) is 0 Å². The molecule has 0 aliphatic rings. The molecule has 0 aromatic rings. The van der Waals surface area contributed by atoms with Gasteiger partial charge in [0, 0.05) is 19.3 Å². The van der Waals surface area contributed by atoms with Gasteiger partial charge in [-0.25, -0.2) is 0 Å². The average molecular weight is 1030 g/mol. The van der Waals surface area contributed by atoms with Gasteiger partial charge in [-0.2, -0.15) is 0 Å². The van der Waals surface area contributed by atoms with Crippen LogP contribution in [-0.2, 0) is 28.6 Å². The molecule has 0 aliphatic heterocycles. The number of hydrogen-bond donors (Lipinski definition) is 0. The molecule has 0 saturated heterocycles. The molecule has 0 rings (SSSR count). The van der Waals surface area contributed by atoms with Gasteiger partial charge in [0.05, 0.1) is 0 Å². The zero-order valence-electron chi connectivity index (χ0n) is 48.1. The highest BCUT2D eigenvalue weighted by atomic mass is 16.6. The predicted molar refractivity (Wildman–Crippen MR) is 320 cm³/mol. The maximum Gasteiger partial charge on any atom is 0.306 e. The van der Waals surface area contributed by atoms with Crippen LogP contribution in [0.2, 0.25) is 0 Å². The lowest BCUT2D eigenvalue weighted by molar-refractivity contribution is -0.167. The van der Waals surface area contributed by atoms with Crippen LogP contribution in [-0.4, -0.2) is 37.2 Å². The van der Waals surface area contributed by atoms with E-state index < -0.39 is 6.10 Å². The summed E-state index contributed by atoms with van der Waals surface area (Å²) in [6.45, 7) is 6.44. The third-order valence-corrected chi connectivity index (χ3v) is 12.7. The van der Waals surface area contributed by atoms with E-state index >= 15 is 0 Å². The number of hydrogen-bond acceptors (Lipinski definition) is 6. The highest BCUT2D eigenvalue weighted by Gasteiger charge is 2.19. The summed E-state index contributed by atoms with van der Waals surface area (Å²) in [7, 11) is 0. The second-order valence-corrected chi connectivity index (χ2v) is 19.9. The predicted octanol–water partition coefficient (Wildman–Crippen LogP) is 20.8. The van der Waals surface area contributed by atoms with E-state index in [0.717, 1.165) is 141 Å². The average Bonchev–Trinajstić information content (AvgIpc) is 3.40. The molecular weight excluding hydrogens is 913 g/mol. The number of ether oxygens (including phenoxy) is 3. The van der Waals surface area contributed by atoms with Crippen LogP contribution in [0.15, 0.2) is 122 Å². The lowest BCUT2D eigenvalue weighted by Crippen LogP contribution is -2.30. The SMILES string of the molecule is CC/C=C\C/C=C\C/C=C\C/C=C\C/C=C\C/C=C\C/C=C\C/C=C\CCCCCCCCCCC(=O)OCC(COC(=O)CCCCCCCCCCC)OC(=O)CCCCCCC/C=C\C/C=C\CCCC. The fourth-order valence-electron chi connectivity index (χ4n) is 8.12. The fourth-order valence-corrected chi connectivity index (χ4v) is 8.12. The van der Waals surface area contributed by atoms with Gasteiger partial charge in [0.1, 0.15) is 13.2 Å². The van der Waals surface area contributed by atoms with E-state index in [1.807, 2.05) is 0 Å². The number of allylic oxidation sites excluding steroid dienone is 20. The number of rotatable bonds is 54. The Morgan fingerprint density at radius 3 is 0.865 bits per heavy atom. The van der Waals surface area contributed by atoms with Gasteiger partial charge >= 0.3 is 17.9 Å². The molecule has 0 bridgehead atoms. The third-order valence-electron chi connectivity index (χ3n) is 12.7. The van der Waals surface area contributed by atoms with Gasteiger partial charge in [0.25, 0.3) is 0 Å². The molecule has 0 aliphatic carbocycles. The minimum absolute atomic E-state index is 0.0860. The first-order valence-electron chi connectivity index (χ1n) is 30.5. The summed E-state index contributed by atoms with van der Waals surface area (Å²) in [6, 6.07) is 0. The van der Waals surface area contributed by atoms with Crippen LogP contribution < -0.4 is 0 Å². The molecule has 0 fully saturated rings. The number of carbonyl (C=O) groups is 3. The molecule has 0 saturated carbocycles. The lowest BCUT2D eigenvalue weighted by atomic mass is 10.1. The smallest absolute Gasteiger partial charge is 0.306 e. The van der Waals surface area contributed by atoms with Crippen LogP contribution in [0, 0.1) is 0 Å². The molecule has 1 atom stereocenters. The zero-order valence-corrected chi connectivity index (χ0v) is 48.1. The van der Waals surface area contributed by atoms with Crippen LogP contribution in [0.1, 0.15) is 271 Å². The van der Waals surface area contributed by atoms with E-state index in [2.05, 4.69) is 142 Å². The number of unbranched alkanes of at least 4 members (excludes halogenated alkanes) is 23.